The summed E-state index contributed by atoms with van der Waals surface area (Å²) in [6, 6.07) is 14.3. The van der Waals surface area contributed by atoms with Crippen molar-refractivity contribution in [2.75, 3.05) is 17.7 Å². The monoisotopic (exact) mass is 503 g/mol. The molecule has 0 saturated carbocycles. The molecule has 0 fully saturated rings. The lowest BCUT2D eigenvalue weighted by atomic mass is 10.00. The fourth-order valence-electron chi connectivity index (χ4n) is 4.06. The molecule has 2 aromatic carbocycles. The molecular formula is C26H26FN7O3. The Hall–Kier alpha value is -4.85. The zero-order valence-electron chi connectivity index (χ0n) is 20.5. The number of aromatic nitrogens is 3. The maximum absolute atomic E-state index is 15.1. The van der Waals surface area contributed by atoms with Crippen LogP contribution in [0.25, 0.3) is 10.9 Å². The quantitative estimate of drug-likeness (QED) is 0.250. The summed E-state index contributed by atoms with van der Waals surface area (Å²) in [5, 5.41) is 32.6. The molecule has 2 aromatic heterocycles. The molecule has 0 spiro atoms. The molecule has 4 aromatic rings. The summed E-state index contributed by atoms with van der Waals surface area (Å²) in [5.41, 5.74) is 2.31. The lowest BCUT2D eigenvalue weighted by Crippen LogP contribution is -2.39. The molecule has 2 heterocycles. The summed E-state index contributed by atoms with van der Waals surface area (Å²) in [7, 11) is 1.54. The van der Waals surface area contributed by atoms with Crippen molar-refractivity contribution in [1.82, 2.24) is 20.1 Å². The molecule has 2 atom stereocenters. The van der Waals surface area contributed by atoms with E-state index >= 15 is 4.39 Å². The minimum absolute atomic E-state index is 0.0186. The number of nitriles is 1. The molecule has 11 heteroatoms. The minimum Gasteiger partial charge on any atom is -0.497 e. The van der Waals surface area contributed by atoms with Gasteiger partial charge in [0.25, 0.3) is 0 Å². The van der Waals surface area contributed by atoms with E-state index in [9.17, 15) is 15.2 Å². The van der Waals surface area contributed by atoms with Crippen LogP contribution in [-0.4, -0.2) is 39.1 Å². The number of amides is 1. The molecule has 190 valence electrons. The molecule has 0 aliphatic heterocycles. The molecule has 0 radical (unpaired) electrons. The molecule has 0 saturated heterocycles. The number of hydrogen-bond acceptors (Lipinski definition) is 7. The van der Waals surface area contributed by atoms with Gasteiger partial charge in [0.05, 0.1) is 36.5 Å². The number of ether oxygens (including phenoxy) is 1. The number of benzene rings is 2. The zero-order valence-corrected chi connectivity index (χ0v) is 20.5. The van der Waals surface area contributed by atoms with E-state index in [4.69, 9.17) is 4.74 Å². The Balaban J connectivity index is 1.68. The molecule has 0 aliphatic carbocycles. The molecule has 37 heavy (non-hydrogen) atoms. The highest BCUT2D eigenvalue weighted by Crippen LogP contribution is 2.29. The third kappa shape index (κ3) is 5.54. The third-order valence-corrected chi connectivity index (χ3v) is 5.92. The molecule has 1 amide bonds. The van der Waals surface area contributed by atoms with Gasteiger partial charge in [-0.15, -0.1) is 0 Å². The number of methoxy groups -OCH3 is 1. The number of hydrogen-bond donors (Lipinski definition) is 4. The molecular weight excluding hydrogens is 477 g/mol. The normalized spacial score (nSPS) is 12.4. The maximum atomic E-state index is 15.1. The number of pyridine rings is 1. The summed E-state index contributed by atoms with van der Waals surface area (Å²) in [5.74, 6) is -0.109. The minimum atomic E-state index is -1.22. The van der Waals surface area contributed by atoms with Gasteiger partial charge in [0.15, 0.2) is 17.5 Å². The Morgan fingerprint density at radius 3 is 2.62 bits per heavy atom. The first kappa shape index (κ1) is 25.2. The second kappa shape index (κ2) is 10.8. The van der Waals surface area contributed by atoms with Gasteiger partial charge in [-0.05, 0) is 55.8 Å². The van der Waals surface area contributed by atoms with E-state index < -0.39 is 24.0 Å². The van der Waals surface area contributed by atoms with Crippen LogP contribution < -0.4 is 20.7 Å². The van der Waals surface area contributed by atoms with Crippen molar-refractivity contribution < 1.29 is 19.0 Å². The highest BCUT2D eigenvalue weighted by atomic mass is 19.1. The number of carbonyl (C=O) groups is 1. The fourth-order valence-corrected chi connectivity index (χ4v) is 4.06. The van der Waals surface area contributed by atoms with Crippen molar-refractivity contribution in [3.05, 3.63) is 71.7 Å². The van der Waals surface area contributed by atoms with Crippen molar-refractivity contribution in [2.24, 2.45) is 0 Å². The van der Waals surface area contributed by atoms with Gasteiger partial charge in [0, 0.05) is 17.6 Å². The Bertz CT molecular complexity index is 1460. The van der Waals surface area contributed by atoms with E-state index in [2.05, 4.69) is 26.0 Å². The zero-order chi connectivity index (χ0) is 26.5. The predicted octanol–water partition coefficient (Wildman–Crippen LogP) is 5.02. The second-order valence-electron chi connectivity index (χ2n) is 8.32. The van der Waals surface area contributed by atoms with Crippen LogP contribution in [0.5, 0.6) is 5.75 Å². The molecule has 0 aliphatic rings. The smallest absolute Gasteiger partial charge is 0.404 e. The first-order valence-corrected chi connectivity index (χ1v) is 11.6. The van der Waals surface area contributed by atoms with Crippen molar-refractivity contribution >= 4 is 34.3 Å². The maximum Gasteiger partial charge on any atom is 0.404 e. The summed E-state index contributed by atoms with van der Waals surface area (Å²) >= 11 is 0. The van der Waals surface area contributed by atoms with Crippen molar-refractivity contribution in [2.45, 2.75) is 32.5 Å². The Morgan fingerprint density at radius 1 is 1.22 bits per heavy atom. The second-order valence-corrected chi connectivity index (χ2v) is 8.32. The van der Waals surface area contributed by atoms with E-state index in [1.807, 2.05) is 35.9 Å². The number of halogens is 1. The third-order valence-electron chi connectivity index (χ3n) is 5.92. The summed E-state index contributed by atoms with van der Waals surface area (Å²) in [6.07, 6.45) is 0.529. The predicted molar refractivity (Wildman–Crippen MR) is 138 cm³/mol. The first-order chi connectivity index (χ1) is 17.8. The largest absolute Gasteiger partial charge is 0.497 e. The SMILES string of the molecule is CCn1ncc2cc(Nc3nc(N[C@@H](c4ccc(OC)cc4)[C@H](C)NC(=O)O)c(F)cc3C#N)ccc21. The van der Waals surface area contributed by atoms with Crippen LogP contribution in [0.1, 0.15) is 31.0 Å². The lowest BCUT2D eigenvalue weighted by molar-refractivity contribution is 0.189. The molecule has 4 rings (SSSR count). The Morgan fingerprint density at radius 2 is 1.97 bits per heavy atom. The highest BCUT2D eigenvalue weighted by Gasteiger charge is 2.24. The molecule has 0 bridgehead atoms. The van der Waals surface area contributed by atoms with Crippen LogP contribution in [0.15, 0.2) is 54.7 Å². The summed E-state index contributed by atoms with van der Waals surface area (Å²) in [4.78, 5) is 15.7. The van der Waals surface area contributed by atoms with Gasteiger partial charge in [-0.3, -0.25) is 4.68 Å². The topological polar surface area (TPSA) is 137 Å². The summed E-state index contributed by atoms with van der Waals surface area (Å²) in [6.45, 7) is 4.39. The van der Waals surface area contributed by atoms with E-state index in [0.717, 1.165) is 23.5 Å². The standard InChI is InChI=1S/C26H26FN7O3/c1-4-34-22-10-7-19(11-18(22)14-29-34)31-24-17(13-28)12-21(27)25(33-24)32-23(15(2)30-26(35)36)16-5-8-20(37-3)9-6-16/h5-12,14-15,23,30H,4H2,1-3H3,(H,35,36)(H2,31,32,33)/t15-,23+/m0/s1. The fraction of sp³-hybridized carbons (Fsp3) is 0.231. The van der Waals surface area contributed by atoms with Gasteiger partial charge in [0.2, 0.25) is 0 Å². The average Bonchev–Trinajstić information content (AvgIpc) is 3.30. The van der Waals surface area contributed by atoms with Crippen LogP contribution >= 0.6 is 0 Å². The van der Waals surface area contributed by atoms with Crippen molar-refractivity contribution in [3.63, 3.8) is 0 Å². The number of fused-ring (bicyclic) bond motifs is 1. The Kier molecular flexibility index (Phi) is 7.39. The number of carboxylic acid groups (broad SMARTS) is 1. The van der Waals surface area contributed by atoms with Crippen LogP contribution in [0, 0.1) is 17.1 Å². The number of anilines is 3. The van der Waals surface area contributed by atoms with Crippen LogP contribution in [-0.2, 0) is 6.54 Å². The van der Waals surface area contributed by atoms with Gasteiger partial charge in [0.1, 0.15) is 11.8 Å². The molecule has 10 nitrogen and oxygen atoms in total. The van der Waals surface area contributed by atoms with E-state index in [-0.39, 0.29) is 17.2 Å². The van der Waals surface area contributed by atoms with Gasteiger partial charge in [-0.25, -0.2) is 14.2 Å². The summed E-state index contributed by atoms with van der Waals surface area (Å²) < 4.78 is 22.1. The van der Waals surface area contributed by atoms with E-state index in [0.29, 0.717) is 17.0 Å². The number of aryl methyl sites for hydroxylation is 1. The average molecular weight is 504 g/mol. The van der Waals surface area contributed by atoms with Crippen LogP contribution in [0.2, 0.25) is 0 Å². The van der Waals surface area contributed by atoms with Gasteiger partial charge in [-0.2, -0.15) is 10.4 Å². The van der Waals surface area contributed by atoms with Gasteiger partial charge < -0.3 is 25.8 Å². The molecule has 0 unspecified atom stereocenters. The first-order valence-electron chi connectivity index (χ1n) is 11.6. The molecule has 4 N–H and O–H groups in total. The number of nitrogens with zero attached hydrogens (tertiary/aromatic N) is 4. The number of nitrogens with one attached hydrogen (secondary N) is 3. The van der Waals surface area contributed by atoms with Gasteiger partial charge >= 0.3 is 6.09 Å². The lowest BCUT2D eigenvalue weighted by Gasteiger charge is -2.26. The van der Waals surface area contributed by atoms with E-state index in [1.165, 1.54) is 7.11 Å². The van der Waals surface area contributed by atoms with Crippen LogP contribution in [0.4, 0.5) is 26.5 Å². The van der Waals surface area contributed by atoms with Crippen molar-refractivity contribution in [3.8, 4) is 11.8 Å². The van der Waals surface area contributed by atoms with Gasteiger partial charge in [-0.1, -0.05) is 12.1 Å². The number of rotatable bonds is 9. The van der Waals surface area contributed by atoms with Crippen LogP contribution in [0.3, 0.4) is 0 Å². The van der Waals surface area contributed by atoms with Crippen molar-refractivity contribution in [1.29, 1.82) is 5.26 Å². The Labute approximate surface area is 212 Å². The van der Waals surface area contributed by atoms with E-state index in [1.54, 1.807) is 37.4 Å². The highest BCUT2D eigenvalue weighted by molar-refractivity contribution is 5.83.